The summed E-state index contributed by atoms with van der Waals surface area (Å²) in [5.41, 5.74) is 10.5. The van der Waals surface area contributed by atoms with E-state index in [0.717, 1.165) is 25.8 Å². The molecule has 158 valence electrons. The number of benzene rings is 2. The smallest absolute Gasteiger partial charge is 0.407 e. The minimum Gasteiger partial charge on any atom is -0.449 e. The molecular formula is C24H33ClN2O2. The Hall–Kier alpha value is -2.04. The number of nitrogens with two attached hydrogens (primary N) is 1. The Labute approximate surface area is 180 Å². The van der Waals surface area contributed by atoms with Crippen LogP contribution in [0, 0.1) is 0 Å². The number of carbonyl (C=O) groups is 1. The molecule has 0 fully saturated rings. The number of amides is 1. The van der Waals surface area contributed by atoms with Gasteiger partial charge >= 0.3 is 6.09 Å². The average Bonchev–Trinajstić information content (AvgIpc) is 3.05. The van der Waals surface area contributed by atoms with Crippen LogP contribution in [0.3, 0.4) is 0 Å². The summed E-state index contributed by atoms with van der Waals surface area (Å²) in [5, 5.41) is 2.89. The number of carbonyl (C=O) groups excluding carboxylic acids is 1. The van der Waals surface area contributed by atoms with Crippen LogP contribution in [0.2, 0.25) is 0 Å². The van der Waals surface area contributed by atoms with Crippen LogP contribution in [0.15, 0.2) is 48.5 Å². The number of unbranched alkanes of at least 4 members (excludes halogenated alkanes) is 6. The number of halogens is 1. The SMILES string of the molecule is Cl.NCCCCCCCCCNC(=O)OCC1c2ccccc2-c2ccccc21. The summed E-state index contributed by atoms with van der Waals surface area (Å²) in [6.45, 7) is 1.85. The summed E-state index contributed by atoms with van der Waals surface area (Å²) in [7, 11) is 0. The first-order chi connectivity index (χ1) is 13.8. The van der Waals surface area contributed by atoms with Crippen molar-refractivity contribution in [1.82, 2.24) is 5.32 Å². The number of alkyl carbamates (subject to hydrolysis) is 1. The van der Waals surface area contributed by atoms with Gasteiger partial charge in [-0.2, -0.15) is 0 Å². The topological polar surface area (TPSA) is 64.3 Å². The standard InChI is InChI=1S/C24H32N2O2.ClH/c25-16-10-4-2-1-3-5-11-17-26-24(27)28-18-23-21-14-8-6-12-19(21)20-13-7-9-15-22(20)23;/h6-9,12-15,23H,1-5,10-11,16-18,25H2,(H,26,27);1H. The van der Waals surface area contributed by atoms with Crippen molar-refractivity contribution >= 4 is 18.5 Å². The molecule has 2 aromatic rings. The number of ether oxygens (including phenoxy) is 1. The van der Waals surface area contributed by atoms with E-state index in [1.54, 1.807) is 0 Å². The van der Waals surface area contributed by atoms with E-state index in [9.17, 15) is 4.79 Å². The van der Waals surface area contributed by atoms with Gasteiger partial charge in [0.2, 0.25) is 0 Å². The van der Waals surface area contributed by atoms with E-state index >= 15 is 0 Å². The molecule has 1 aliphatic rings. The van der Waals surface area contributed by atoms with E-state index in [1.807, 2.05) is 12.1 Å². The van der Waals surface area contributed by atoms with Gasteiger partial charge in [0.05, 0.1) is 0 Å². The fraction of sp³-hybridized carbons (Fsp3) is 0.458. The van der Waals surface area contributed by atoms with Crippen molar-refractivity contribution in [1.29, 1.82) is 0 Å². The summed E-state index contributed by atoms with van der Waals surface area (Å²) < 4.78 is 5.55. The second-order valence-electron chi connectivity index (χ2n) is 7.52. The second-order valence-corrected chi connectivity index (χ2v) is 7.52. The van der Waals surface area contributed by atoms with Crippen molar-refractivity contribution < 1.29 is 9.53 Å². The number of hydrogen-bond acceptors (Lipinski definition) is 3. The van der Waals surface area contributed by atoms with E-state index in [0.29, 0.717) is 13.2 Å². The van der Waals surface area contributed by atoms with E-state index < -0.39 is 0 Å². The molecule has 0 unspecified atom stereocenters. The Morgan fingerprint density at radius 1 is 0.828 bits per heavy atom. The molecule has 3 rings (SSSR count). The molecule has 1 amide bonds. The lowest BCUT2D eigenvalue weighted by atomic mass is 9.98. The van der Waals surface area contributed by atoms with Crippen molar-refractivity contribution in [3.63, 3.8) is 0 Å². The van der Waals surface area contributed by atoms with Crippen molar-refractivity contribution in [2.75, 3.05) is 19.7 Å². The maximum Gasteiger partial charge on any atom is 0.407 e. The van der Waals surface area contributed by atoms with Gasteiger partial charge in [-0.3, -0.25) is 0 Å². The normalized spacial score (nSPS) is 12.0. The monoisotopic (exact) mass is 416 g/mol. The van der Waals surface area contributed by atoms with Crippen molar-refractivity contribution in [2.24, 2.45) is 5.73 Å². The van der Waals surface area contributed by atoms with Crippen LogP contribution < -0.4 is 11.1 Å². The zero-order chi connectivity index (χ0) is 19.6. The van der Waals surface area contributed by atoms with Gasteiger partial charge in [-0.1, -0.05) is 80.6 Å². The molecule has 0 bridgehead atoms. The minimum atomic E-state index is -0.315. The Morgan fingerprint density at radius 2 is 1.34 bits per heavy atom. The number of hydrogen-bond donors (Lipinski definition) is 2. The quantitative estimate of drug-likeness (QED) is 0.466. The third-order valence-electron chi connectivity index (χ3n) is 5.49. The first-order valence-corrected chi connectivity index (χ1v) is 10.6. The maximum absolute atomic E-state index is 12.1. The number of fused-ring (bicyclic) bond motifs is 3. The van der Waals surface area contributed by atoms with Crippen LogP contribution in [0.4, 0.5) is 4.79 Å². The molecule has 0 saturated carbocycles. The van der Waals surface area contributed by atoms with Crippen LogP contribution in [0.25, 0.3) is 11.1 Å². The highest BCUT2D eigenvalue weighted by molar-refractivity contribution is 5.85. The molecule has 0 spiro atoms. The molecule has 29 heavy (non-hydrogen) atoms. The highest BCUT2D eigenvalue weighted by Crippen LogP contribution is 2.44. The Kier molecular flexibility index (Phi) is 10.0. The first kappa shape index (κ1) is 23.2. The van der Waals surface area contributed by atoms with Gasteiger partial charge in [0.1, 0.15) is 6.61 Å². The van der Waals surface area contributed by atoms with E-state index in [4.69, 9.17) is 10.5 Å². The molecule has 3 N–H and O–H groups in total. The number of rotatable bonds is 11. The van der Waals surface area contributed by atoms with Crippen molar-refractivity contribution in [3.05, 3.63) is 59.7 Å². The second kappa shape index (κ2) is 12.5. The van der Waals surface area contributed by atoms with Crippen LogP contribution in [0.1, 0.15) is 62.0 Å². The van der Waals surface area contributed by atoms with Crippen molar-refractivity contribution in [3.8, 4) is 11.1 Å². The summed E-state index contributed by atoms with van der Waals surface area (Å²) in [6.07, 6.45) is 7.93. The molecule has 0 atom stereocenters. The molecular weight excluding hydrogens is 384 g/mol. The summed E-state index contributed by atoms with van der Waals surface area (Å²) in [5.74, 6) is 0.117. The van der Waals surface area contributed by atoms with Crippen LogP contribution in [-0.4, -0.2) is 25.8 Å². The fourth-order valence-electron chi connectivity index (χ4n) is 3.99. The van der Waals surface area contributed by atoms with Crippen LogP contribution >= 0.6 is 12.4 Å². The van der Waals surface area contributed by atoms with Gasteiger partial charge < -0.3 is 15.8 Å². The highest BCUT2D eigenvalue weighted by atomic mass is 35.5. The minimum absolute atomic E-state index is 0. The van der Waals surface area contributed by atoms with Gasteiger partial charge in [0, 0.05) is 12.5 Å². The molecule has 0 aromatic heterocycles. The predicted molar refractivity (Wildman–Crippen MR) is 122 cm³/mol. The lowest BCUT2D eigenvalue weighted by molar-refractivity contribution is 0.143. The van der Waals surface area contributed by atoms with Gasteiger partial charge in [-0.15, -0.1) is 12.4 Å². The summed E-state index contributed by atoms with van der Waals surface area (Å²) >= 11 is 0. The van der Waals surface area contributed by atoms with Gasteiger partial charge in [0.15, 0.2) is 0 Å². The average molecular weight is 417 g/mol. The first-order valence-electron chi connectivity index (χ1n) is 10.6. The molecule has 4 nitrogen and oxygen atoms in total. The largest absolute Gasteiger partial charge is 0.449 e. The molecule has 2 aromatic carbocycles. The molecule has 0 heterocycles. The van der Waals surface area contributed by atoms with E-state index in [-0.39, 0.29) is 24.4 Å². The predicted octanol–water partition coefficient (Wildman–Crippen LogP) is 5.64. The van der Waals surface area contributed by atoms with E-state index in [2.05, 4.69) is 41.7 Å². The lowest BCUT2D eigenvalue weighted by Gasteiger charge is -2.14. The zero-order valence-corrected chi connectivity index (χ0v) is 17.9. The molecule has 0 radical (unpaired) electrons. The fourth-order valence-corrected chi connectivity index (χ4v) is 3.99. The zero-order valence-electron chi connectivity index (χ0n) is 17.1. The summed E-state index contributed by atoms with van der Waals surface area (Å²) in [6, 6.07) is 16.8. The maximum atomic E-state index is 12.1. The summed E-state index contributed by atoms with van der Waals surface area (Å²) in [4.78, 5) is 12.1. The molecule has 0 saturated heterocycles. The Bertz CT molecular complexity index is 721. The van der Waals surface area contributed by atoms with E-state index in [1.165, 1.54) is 47.9 Å². The molecule has 5 heteroatoms. The van der Waals surface area contributed by atoms with Gasteiger partial charge in [-0.25, -0.2) is 4.79 Å². The third-order valence-corrected chi connectivity index (χ3v) is 5.49. The molecule has 0 aliphatic heterocycles. The van der Waals surface area contributed by atoms with Crippen LogP contribution in [0.5, 0.6) is 0 Å². The van der Waals surface area contributed by atoms with Crippen molar-refractivity contribution in [2.45, 2.75) is 50.9 Å². The van der Waals surface area contributed by atoms with Gasteiger partial charge in [0.25, 0.3) is 0 Å². The Balaban J connectivity index is 0.00000300. The molecule has 1 aliphatic carbocycles. The van der Waals surface area contributed by atoms with Crippen LogP contribution in [-0.2, 0) is 4.74 Å². The third kappa shape index (κ3) is 6.48. The lowest BCUT2D eigenvalue weighted by Crippen LogP contribution is -2.27. The highest BCUT2D eigenvalue weighted by Gasteiger charge is 2.28. The number of nitrogens with one attached hydrogen (secondary N) is 1. The Morgan fingerprint density at radius 3 is 1.93 bits per heavy atom. The van der Waals surface area contributed by atoms with Gasteiger partial charge in [-0.05, 0) is 41.6 Å².